The molecule has 6 heterocycles. The van der Waals surface area contributed by atoms with Crippen LogP contribution in [0.3, 0.4) is 0 Å². The predicted octanol–water partition coefficient (Wildman–Crippen LogP) is 4.42. The number of anilines is 2. The molecule has 0 N–H and O–H groups in total. The Kier molecular flexibility index (Phi) is 13.6. The van der Waals surface area contributed by atoms with Crippen LogP contribution in [0.5, 0.6) is 0 Å². The van der Waals surface area contributed by atoms with Crippen LogP contribution in [-0.4, -0.2) is 142 Å². The van der Waals surface area contributed by atoms with E-state index in [1.54, 1.807) is 34.9 Å². The highest BCUT2D eigenvalue weighted by Crippen LogP contribution is 2.28. The molecular formula is C44H52N12O4. The maximum Gasteiger partial charge on any atom is 0.356 e. The summed E-state index contributed by atoms with van der Waals surface area (Å²) in [6, 6.07) is 19.7. The number of benzene rings is 2. The number of fused-ring (bicyclic) bond motifs is 2. The molecule has 16 nitrogen and oxygen atoms in total. The SMILES string of the molecule is O=C(/C=C/C(=O)ON(CCCN1CCN(c2ncccn2)CC1)C1=Nc2ccccc2CC1)ON(CCCN1CCN(c2ncccn2)CC1)C1=Nc2ccccc2CC1. The van der Waals surface area contributed by atoms with Gasteiger partial charge >= 0.3 is 11.9 Å². The lowest BCUT2D eigenvalue weighted by Gasteiger charge is -2.35. The second kappa shape index (κ2) is 20.1. The van der Waals surface area contributed by atoms with Crippen molar-refractivity contribution in [1.82, 2.24) is 39.9 Å². The van der Waals surface area contributed by atoms with E-state index in [1.807, 2.05) is 48.5 Å². The third kappa shape index (κ3) is 10.9. The summed E-state index contributed by atoms with van der Waals surface area (Å²) in [5.74, 6) is 1.51. The fourth-order valence-corrected chi connectivity index (χ4v) is 7.90. The number of rotatable bonds is 12. The molecule has 16 heteroatoms. The lowest BCUT2D eigenvalue weighted by Crippen LogP contribution is -2.47. The highest BCUT2D eigenvalue weighted by Gasteiger charge is 2.25. The van der Waals surface area contributed by atoms with Crippen molar-refractivity contribution in [1.29, 1.82) is 0 Å². The maximum atomic E-state index is 13.4. The lowest BCUT2D eigenvalue weighted by molar-refractivity contribution is -0.169. The second-order valence-corrected chi connectivity index (χ2v) is 15.1. The summed E-state index contributed by atoms with van der Waals surface area (Å²) >= 11 is 0. The Morgan fingerprint density at radius 2 is 0.933 bits per heavy atom. The zero-order valence-corrected chi connectivity index (χ0v) is 34.0. The molecule has 0 saturated carbocycles. The number of hydrogen-bond acceptors (Lipinski definition) is 16. The van der Waals surface area contributed by atoms with E-state index in [-0.39, 0.29) is 0 Å². The normalized spacial score (nSPS) is 17.0. The summed E-state index contributed by atoms with van der Waals surface area (Å²) < 4.78 is 0. The largest absolute Gasteiger partial charge is 0.356 e. The van der Waals surface area contributed by atoms with Crippen LogP contribution in [0.2, 0.25) is 0 Å². The molecular weight excluding hydrogens is 761 g/mol. The summed E-state index contributed by atoms with van der Waals surface area (Å²) in [7, 11) is 0. The van der Waals surface area contributed by atoms with Crippen LogP contribution in [0.4, 0.5) is 23.3 Å². The van der Waals surface area contributed by atoms with Gasteiger partial charge in [-0.2, -0.15) is 10.1 Å². The minimum Gasteiger partial charge on any atom is -0.338 e. The van der Waals surface area contributed by atoms with Gasteiger partial charge in [-0.25, -0.2) is 39.5 Å². The zero-order chi connectivity index (χ0) is 40.9. The minimum absolute atomic E-state index is 0.456. The van der Waals surface area contributed by atoms with Gasteiger partial charge in [0.1, 0.15) is 11.7 Å². The number of carbonyl (C=O) groups is 2. The monoisotopic (exact) mass is 812 g/mol. The molecule has 2 aromatic heterocycles. The Morgan fingerprint density at radius 1 is 0.533 bits per heavy atom. The average Bonchev–Trinajstić information content (AvgIpc) is 3.31. The average molecular weight is 813 g/mol. The van der Waals surface area contributed by atoms with Gasteiger partial charge in [0.2, 0.25) is 11.9 Å². The lowest BCUT2D eigenvalue weighted by atomic mass is 10.0. The number of hydrogen-bond donors (Lipinski definition) is 0. The molecule has 0 bridgehead atoms. The van der Waals surface area contributed by atoms with E-state index < -0.39 is 11.9 Å². The number of aryl methyl sites for hydroxylation is 2. The van der Waals surface area contributed by atoms with Crippen molar-refractivity contribution in [2.75, 3.05) is 88.3 Å². The van der Waals surface area contributed by atoms with Crippen molar-refractivity contribution in [3.05, 3.63) is 109 Å². The number of nitrogens with zero attached hydrogens (tertiary/aromatic N) is 12. The molecule has 2 aromatic carbocycles. The van der Waals surface area contributed by atoms with Crippen molar-refractivity contribution < 1.29 is 19.3 Å². The molecule has 2 saturated heterocycles. The van der Waals surface area contributed by atoms with E-state index in [0.29, 0.717) is 37.6 Å². The van der Waals surface area contributed by atoms with E-state index in [1.165, 1.54) is 0 Å². The molecule has 0 atom stereocenters. The van der Waals surface area contributed by atoms with Gasteiger partial charge in [-0.1, -0.05) is 36.4 Å². The van der Waals surface area contributed by atoms with Gasteiger partial charge in [0, 0.05) is 115 Å². The van der Waals surface area contributed by atoms with Crippen molar-refractivity contribution in [2.45, 2.75) is 38.5 Å². The summed E-state index contributed by atoms with van der Waals surface area (Å²) in [6.07, 6.45) is 13.7. The standard InChI is InChI=1S/C44H52N12O4/c57-41(59-55(39-15-13-35-9-1-3-11-37(35)49-39)25-7-23-51-27-31-53(32-28-51)43-45-19-5-20-46-43)17-18-42(58)60-56(40-16-14-36-10-2-4-12-38(36)50-40)26-8-24-52-29-33-54(34-30-52)44-47-21-6-22-48-44/h1-6,9-12,17-22H,7-8,13-16,23-34H2/b18-17+. The molecule has 4 aliphatic rings. The molecule has 0 radical (unpaired) electrons. The molecule has 0 unspecified atom stereocenters. The summed E-state index contributed by atoms with van der Waals surface area (Å²) in [4.78, 5) is 75.1. The first kappa shape index (κ1) is 40.5. The molecule has 0 aliphatic carbocycles. The maximum absolute atomic E-state index is 13.4. The molecule has 0 spiro atoms. The Balaban J connectivity index is 0.871. The first-order chi connectivity index (χ1) is 29.5. The Labute approximate surface area is 350 Å². The highest BCUT2D eigenvalue weighted by atomic mass is 16.7. The fraction of sp³-hybridized carbons (Fsp3) is 0.409. The molecule has 8 rings (SSSR count). The Hall–Kier alpha value is -6.26. The molecule has 4 aliphatic heterocycles. The van der Waals surface area contributed by atoms with Gasteiger partial charge in [-0.15, -0.1) is 0 Å². The van der Waals surface area contributed by atoms with Gasteiger partial charge in [-0.05, 0) is 61.1 Å². The number of amidine groups is 2. The Morgan fingerprint density at radius 3 is 1.35 bits per heavy atom. The first-order valence-electron chi connectivity index (χ1n) is 21.0. The molecule has 60 heavy (non-hydrogen) atoms. The number of carbonyl (C=O) groups excluding carboxylic acids is 2. The smallest absolute Gasteiger partial charge is 0.338 e. The zero-order valence-electron chi connectivity index (χ0n) is 34.0. The van der Waals surface area contributed by atoms with Crippen molar-refractivity contribution in [3.8, 4) is 0 Å². The third-order valence-corrected chi connectivity index (χ3v) is 11.1. The van der Waals surface area contributed by atoms with Crippen LogP contribution in [0.25, 0.3) is 0 Å². The number of hydroxylamine groups is 4. The predicted molar refractivity (Wildman–Crippen MR) is 229 cm³/mol. The van der Waals surface area contributed by atoms with Crippen LogP contribution in [0.1, 0.15) is 36.8 Å². The summed E-state index contributed by atoms with van der Waals surface area (Å²) in [5, 5.41) is 3.18. The van der Waals surface area contributed by atoms with Crippen LogP contribution in [0, 0.1) is 0 Å². The van der Waals surface area contributed by atoms with Crippen molar-refractivity contribution in [2.24, 2.45) is 9.98 Å². The van der Waals surface area contributed by atoms with Gasteiger partial charge in [-0.3, -0.25) is 9.80 Å². The van der Waals surface area contributed by atoms with E-state index in [9.17, 15) is 9.59 Å². The van der Waals surface area contributed by atoms with E-state index in [2.05, 4.69) is 51.7 Å². The quantitative estimate of drug-likeness (QED) is 0.147. The number of aromatic nitrogens is 4. The van der Waals surface area contributed by atoms with Gasteiger partial charge in [0.25, 0.3) is 0 Å². The van der Waals surface area contributed by atoms with Gasteiger partial charge in [0.15, 0.2) is 0 Å². The van der Waals surface area contributed by atoms with Crippen LogP contribution in [-0.2, 0) is 32.1 Å². The third-order valence-electron chi connectivity index (χ3n) is 11.1. The van der Waals surface area contributed by atoms with Crippen molar-refractivity contribution in [3.63, 3.8) is 0 Å². The summed E-state index contributed by atoms with van der Waals surface area (Å²) in [6.45, 7) is 9.46. The highest BCUT2D eigenvalue weighted by molar-refractivity contribution is 5.94. The van der Waals surface area contributed by atoms with Gasteiger partial charge < -0.3 is 19.5 Å². The van der Waals surface area contributed by atoms with E-state index in [0.717, 1.165) is 138 Å². The van der Waals surface area contributed by atoms with Crippen LogP contribution in [0.15, 0.2) is 108 Å². The topological polar surface area (TPSA) is 148 Å². The van der Waals surface area contributed by atoms with Crippen molar-refractivity contribution >= 4 is 46.9 Å². The molecule has 0 amide bonds. The number of para-hydroxylation sites is 2. The summed E-state index contributed by atoms with van der Waals surface area (Å²) in [5.41, 5.74) is 4.06. The Bertz CT molecular complexity index is 1990. The van der Waals surface area contributed by atoms with Gasteiger partial charge in [0.05, 0.1) is 24.5 Å². The fourth-order valence-electron chi connectivity index (χ4n) is 7.90. The van der Waals surface area contributed by atoms with E-state index in [4.69, 9.17) is 19.7 Å². The molecule has 312 valence electrons. The number of piperazine rings is 2. The molecule has 2 fully saturated rings. The van der Waals surface area contributed by atoms with Crippen LogP contribution >= 0.6 is 0 Å². The number of aliphatic imine (C=N–C) groups is 2. The second-order valence-electron chi connectivity index (χ2n) is 15.1. The first-order valence-corrected chi connectivity index (χ1v) is 21.0. The molecule has 4 aromatic rings. The minimum atomic E-state index is -0.680. The van der Waals surface area contributed by atoms with Crippen LogP contribution < -0.4 is 9.80 Å². The van der Waals surface area contributed by atoms with E-state index >= 15 is 0 Å².